The van der Waals surface area contributed by atoms with E-state index in [1.165, 1.54) is 12.1 Å². The van der Waals surface area contributed by atoms with Crippen molar-refractivity contribution >= 4 is 39.1 Å². The average Bonchev–Trinajstić information content (AvgIpc) is 3.01. The molecule has 1 heterocycles. The first-order valence-corrected chi connectivity index (χ1v) is 9.82. The Bertz CT molecular complexity index is 960. The van der Waals surface area contributed by atoms with Crippen LogP contribution in [0.2, 0.25) is 5.02 Å². The summed E-state index contributed by atoms with van der Waals surface area (Å²) in [6, 6.07) is 11.5. The first-order valence-electron chi connectivity index (χ1n) is 8.00. The van der Waals surface area contributed by atoms with E-state index >= 15 is 0 Å². The lowest BCUT2D eigenvalue weighted by atomic mass is 10.1. The van der Waals surface area contributed by atoms with E-state index < -0.39 is 27.9 Å². The Morgan fingerprint density at radius 2 is 1.88 bits per heavy atom. The molecule has 0 radical (unpaired) electrons. The van der Waals surface area contributed by atoms with Crippen LogP contribution in [0.25, 0.3) is 0 Å². The van der Waals surface area contributed by atoms with E-state index in [9.17, 15) is 18.0 Å². The second-order valence-corrected chi connectivity index (χ2v) is 8.26. The number of carbonyl (C=O) groups excluding carboxylic acids is 2. The maximum atomic E-state index is 12.8. The lowest BCUT2D eigenvalue weighted by molar-refractivity contribution is -0.128. The summed E-state index contributed by atoms with van der Waals surface area (Å²) in [4.78, 5) is 24.9. The van der Waals surface area contributed by atoms with Crippen molar-refractivity contribution in [1.29, 1.82) is 0 Å². The first-order chi connectivity index (χ1) is 12.3. The SMILES string of the molecule is Cc1ccc(Cl)cc1NC(=O)C1CCC(=O)N1S(=O)(=O)c1ccccc1. The van der Waals surface area contributed by atoms with Crippen LogP contribution in [0.5, 0.6) is 0 Å². The van der Waals surface area contributed by atoms with Gasteiger partial charge in [0.15, 0.2) is 0 Å². The Labute approximate surface area is 156 Å². The van der Waals surface area contributed by atoms with Crippen molar-refractivity contribution in [2.75, 3.05) is 5.32 Å². The lowest BCUT2D eigenvalue weighted by Gasteiger charge is -2.24. The monoisotopic (exact) mass is 392 g/mol. The highest BCUT2D eigenvalue weighted by molar-refractivity contribution is 7.89. The number of hydrogen-bond donors (Lipinski definition) is 1. The van der Waals surface area contributed by atoms with E-state index in [2.05, 4.69) is 5.32 Å². The molecule has 8 heteroatoms. The Morgan fingerprint density at radius 1 is 1.19 bits per heavy atom. The summed E-state index contributed by atoms with van der Waals surface area (Å²) in [5.74, 6) is -1.14. The summed E-state index contributed by atoms with van der Waals surface area (Å²) in [6.07, 6.45) is 0.134. The van der Waals surface area contributed by atoms with Crippen LogP contribution in [0.4, 0.5) is 5.69 Å². The Balaban J connectivity index is 1.90. The van der Waals surface area contributed by atoms with Crippen LogP contribution in [0, 0.1) is 6.92 Å². The van der Waals surface area contributed by atoms with Crippen molar-refractivity contribution in [1.82, 2.24) is 4.31 Å². The maximum Gasteiger partial charge on any atom is 0.267 e. The van der Waals surface area contributed by atoms with Crippen LogP contribution in [0.1, 0.15) is 18.4 Å². The molecule has 1 saturated heterocycles. The van der Waals surface area contributed by atoms with Gasteiger partial charge in [0.2, 0.25) is 11.8 Å². The van der Waals surface area contributed by atoms with Gasteiger partial charge in [0.25, 0.3) is 10.0 Å². The van der Waals surface area contributed by atoms with E-state index in [1.54, 1.807) is 43.3 Å². The molecule has 0 spiro atoms. The summed E-state index contributed by atoms with van der Waals surface area (Å²) < 4.78 is 26.4. The molecule has 1 unspecified atom stereocenters. The van der Waals surface area contributed by atoms with Crippen LogP contribution >= 0.6 is 11.6 Å². The molecule has 1 fully saturated rings. The highest BCUT2D eigenvalue weighted by Gasteiger charge is 2.44. The Morgan fingerprint density at radius 3 is 2.58 bits per heavy atom. The summed E-state index contributed by atoms with van der Waals surface area (Å²) in [5.41, 5.74) is 1.27. The molecule has 0 aromatic heterocycles. The van der Waals surface area contributed by atoms with Gasteiger partial charge in [-0.1, -0.05) is 35.9 Å². The molecule has 1 N–H and O–H groups in total. The van der Waals surface area contributed by atoms with Crippen LogP contribution in [0.3, 0.4) is 0 Å². The quantitative estimate of drug-likeness (QED) is 0.867. The molecule has 2 aromatic carbocycles. The zero-order chi connectivity index (χ0) is 18.9. The van der Waals surface area contributed by atoms with Crippen molar-refractivity contribution < 1.29 is 18.0 Å². The van der Waals surface area contributed by atoms with E-state index in [0.717, 1.165) is 5.56 Å². The topological polar surface area (TPSA) is 83.6 Å². The highest BCUT2D eigenvalue weighted by Crippen LogP contribution is 2.29. The van der Waals surface area contributed by atoms with Crippen LogP contribution in [-0.4, -0.2) is 30.6 Å². The molecule has 0 aliphatic carbocycles. The molecule has 2 aromatic rings. The number of halogens is 1. The minimum atomic E-state index is -4.10. The van der Waals surface area contributed by atoms with E-state index in [1.807, 2.05) is 0 Å². The largest absolute Gasteiger partial charge is 0.324 e. The van der Waals surface area contributed by atoms with Crippen molar-refractivity contribution in [3.8, 4) is 0 Å². The fourth-order valence-corrected chi connectivity index (χ4v) is 4.65. The molecule has 0 saturated carbocycles. The number of anilines is 1. The number of nitrogens with one attached hydrogen (secondary N) is 1. The molecular weight excluding hydrogens is 376 g/mol. The van der Waals surface area contributed by atoms with Crippen molar-refractivity contribution in [2.45, 2.75) is 30.7 Å². The second-order valence-electron chi connectivity index (χ2n) is 6.01. The van der Waals surface area contributed by atoms with E-state index in [4.69, 9.17) is 11.6 Å². The van der Waals surface area contributed by atoms with Gasteiger partial charge in [-0.2, -0.15) is 0 Å². The van der Waals surface area contributed by atoms with E-state index in [-0.39, 0.29) is 17.7 Å². The Hall–Kier alpha value is -2.38. The minimum Gasteiger partial charge on any atom is -0.324 e. The fraction of sp³-hybridized carbons (Fsp3) is 0.222. The maximum absolute atomic E-state index is 12.8. The molecule has 26 heavy (non-hydrogen) atoms. The predicted octanol–water partition coefficient (Wildman–Crippen LogP) is 2.97. The summed E-state index contributed by atoms with van der Waals surface area (Å²) in [6.45, 7) is 1.80. The summed E-state index contributed by atoms with van der Waals surface area (Å²) in [5, 5.41) is 3.13. The smallest absolute Gasteiger partial charge is 0.267 e. The van der Waals surface area contributed by atoms with Gasteiger partial charge in [-0.3, -0.25) is 9.59 Å². The number of hydrogen-bond acceptors (Lipinski definition) is 4. The van der Waals surface area contributed by atoms with Gasteiger partial charge in [0.05, 0.1) is 4.90 Å². The number of rotatable bonds is 4. The first kappa shape index (κ1) is 18.4. The number of sulfonamides is 1. The van der Waals surface area contributed by atoms with Gasteiger partial charge < -0.3 is 5.32 Å². The van der Waals surface area contributed by atoms with Crippen molar-refractivity contribution in [2.24, 2.45) is 0 Å². The van der Waals surface area contributed by atoms with E-state index in [0.29, 0.717) is 15.0 Å². The molecule has 136 valence electrons. The lowest BCUT2D eigenvalue weighted by Crippen LogP contribution is -2.45. The molecule has 1 atom stereocenters. The third kappa shape index (κ3) is 3.45. The number of carbonyl (C=O) groups is 2. The zero-order valence-corrected chi connectivity index (χ0v) is 15.5. The zero-order valence-electron chi connectivity index (χ0n) is 14.0. The molecular formula is C18H17ClN2O4S. The third-order valence-corrected chi connectivity index (χ3v) is 6.30. The van der Waals surface area contributed by atoms with Gasteiger partial charge in [-0.15, -0.1) is 0 Å². The highest BCUT2D eigenvalue weighted by atomic mass is 35.5. The summed E-state index contributed by atoms with van der Waals surface area (Å²) >= 11 is 5.95. The third-order valence-electron chi connectivity index (χ3n) is 4.22. The standard InChI is InChI=1S/C18H17ClN2O4S/c1-12-7-8-13(19)11-15(12)20-18(23)16-9-10-17(22)21(16)26(24,25)14-5-3-2-4-6-14/h2-8,11,16H,9-10H2,1H3,(H,20,23). The number of aryl methyl sites for hydroxylation is 1. The van der Waals surface area contributed by atoms with Gasteiger partial charge >= 0.3 is 0 Å². The molecule has 1 aliphatic heterocycles. The predicted molar refractivity (Wildman–Crippen MR) is 98.3 cm³/mol. The molecule has 6 nitrogen and oxygen atoms in total. The van der Waals surface area contributed by atoms with Crippen LogP contribution in [-0.2, 0) is 19.6 Å². The normalized spacial score (nSPS) is 17.4. The van der Waals surface area contributed by atoms with Gasteiger partial charge in [-0.25, -0.2) is 12.7 Å². The summed E-state index contributed by atoms with van der Waals surface area (Å²) in [7, 11) is -4.10. The minimum absolute atomic E-state index is 0.00131. The molecule has 0 bridgehead atoms. The van der Waals surface area contributed by atoms with Crippen LogP contribution < -0.4 is 5.32 Å². The van der Waals surface area contributed by atoms with Gasteiger partial charge in [-0.05, 0) is 43.2 Å². The van der Waals surface area contributed by atoms with Crippen LogP contribution in [0.15, 0.2) is 53.4 Å². The van der Waals surface area contributed by atoms with Gasteiger partial charge in [0.1, 0.15) is 6.04 Å². The average molecular weight is 393 g/mol. The Kier molecular flexibility index (Phi) is 5.02. The number of benzene rings is 2. The van der Waals surface area contributed by atoms with Crippen molar-refractivity contribution in [3.63, 3.8) is 0 Å². The molecule has 1 aliphatic rings. The number of amides is 2. The second kappa shape index (κ2) is 7.09. The van der Waals surface area contributed by atoms with Gasteiger partial charge in [0, 0.05) is 17.1 Å². The number of nitrogens with zero attached hydrogens (tertiary/aromatic N) is 1. The molecule has 3 rings (SSSR count). The molecule has 2 amide bonds. The van der Waals surface area contributed by atoms with Crippen molar-refractivity contribution in [3.05, 3.63) is 59.1 Å². The fourth-order valence-electron chi connectivity index (χ4n) is 2.85.